The Bertz CT molecular complexity index is 420. The van der Waals surface area contributed by atoms with Crippen molar-refractivity contribution in [2.45, 2.75) is 12.5 Å². The molecule has 0 radical (unpaired) electrons. The van der Waals surface area contributed by atoms with E-state index in [9.17, 15) is 9.59 Å². The third-order valence-electron chi connectivity index (χ3n) is 4.51. The zero-order valence-electron chi connectivity index (χ0n) is 18.4. The van der Waals surface area contributed by atoms with Crippen LogP contribution < -0.4 is 0 Å². The predicted octanol–water partition coefficient (Wildman–Crippen LogP) is 0.313. The van der Waals surface area contributed by atoms with E-state index in [-0.39, 0.29) is 32.8 Å². The maximum atomic E-state index is 12.6. The van der Waals surface area contributed by atoms with E-state index in [0.29, 0.717) is 26.3 Å². The zero-order chi connectivity index (χ0) is 22.2. The number of hydrogen-bond donors (Lipinski definition) is 0. The summed E-state index contributed by atoms with van der Waals surface area (Å²) in [6, 6.07) is 0. The second kappa shape index (κ2) is 15.5. The van der Waals surface area contributed by atoms with E-state index >= 15 is 0 Å². The van der Waals surface area contributed by atoms with E-state index in [4.69, 9.17) is 37.9 Å². The molecule has 0 aliphatic rings. The summed E-state index contributed by atoms with van der Waals surface area (Å²) in [5.74, 6) is -0.493. The van der Waals surface area contributed by atoms with Gasteiger partial charge in [0.25, 0.3) is 6.47 Å². The normalized spacial score (nSPS) is 13.2. The minimum atomic E-state index is -0.874. The Morgan fingerprint density at radius 2 is 1.24 bits per heavy atom. The lowest BCUT2D eigenvalue weighted by atomic mass is 9.82. The van der Waals surface area contributed by atoms with E-state index in [1.807, 2.05) is 0 Å². The molecule has 0 spiro atoms. The van der Waals surface area contributed by atoms with Gasteiger partial charge in [-0.1, -0.05) is 0 Å². The van der Waals surface area contributed by atoms with Crippen molar-refractivity contribution in [1.82, 2.24) is 0 Å². The molecule has 0 heterocycles. The van der Waals surface area contributed by atoms with Crippen LogP contribution in [0.3, 0.4) is 0 Å². The van der Waals surface area contributed by atoms with Crippen LogP contribution in [0.15, 0.2) is 0 Å². The number of hydrogen-bond acceptors (Lipinski definition) is 10. The van der Waals surface area contributed by atoms with E-state index in [2.05, 4.69) is 0 Å². The van der Waals surface area contributed by atoms with Gasteiger partial charge in [0.1, 0.15) is 13.2 Å². The van der Waals surface area contributed by atoms with Gasteiger partial charge in [-0.05, 0) is 0 Å². The van der Waals surface area contributed by atoms with Crippen LogP contribution in [0, 0.1) is 10.8 Å². The molecule has 0 saturated carbocycles. The first-order chi connectivity index (χ1) is 13.9. The molecular formula is C19H36O10. The molecule has 0 N–H and O–H groups in total. The Balaban J connectivity index is 5.27. The van der Waals surface area contributed by atoms with Gasteiger partial charge in [0.05, 0.1) is 56.4 Å². The summed E-state index contributed by atoms with van der Waals surface area (Å²) in [5, 5.41) is 0. The zero-order valence-corrected chi connectivity index (χ0v) is 18.4. The molecule has 0 fully saturated rings. The summed E-state index contributed by atoms with van der Waals surface area (Å²) in [7, 11) is 9.14. The topological polar surface area (TPSA) is 108 Å². The van der Waals surface area contributed by atoms with Crippen LogP contribution in [0.2, 0.25) is 0 Å². The molecule has 1 atom stereocenters. The van der Waals surface area contributed by atoms with E-state index in [1.54, 1.807) is 21.3 Å². The standard InChI is InChI=1S/C19H36O10/c1-22-8-18(9-23-2,10-24-3)11-29-17(21)7-16(27-6)19(12-25-4,13-26-5)14-28-15-20/h15-16H,7-14H2,1-6H3. The molecule has 0 aromatic heterocycles. The summed E-state index contributed by atoms with van der Waals surface area (Å²) in [5.41, 5.74) is -1.51. The molecule has 29 heavy (non-hydrogen) atoms. The van der Waals surface area contributed by atoms with Crippen LogP contribution in [0.4, 0.5) is 0 Å². The van der Waals surface area contributed by atoms with Gasteiger partial charge < -0.3 is 37.9 Å². The van der Waals surface area contributed by atoms with Gasteiger partial charge in [-0.15, -0.1) is 0 Å². The Hall–Kier alpha value is -1.30. The quantitative estimate of drug-likeness (QED) is 0.212. The van der Waals surface area contributed by atoms with Crippen LogP contribution in [-0.4, -0.2) is 107 Å². The fraction of sp³-hybridized carbons (Fsp3) is 0.895. The van der Waals surface area contributed by atoms with Gasteiger partial charge in [0.15, 0.2) is 0 Å². The molecule has 1 unspecified atom stereocenters. The first kappa shape index (κ1) is 27.7. The van der Waals surface area contributed by atoms with Crippen molar-refractivity contribution in [3.8, 4) is 0 Å². The van der Waals surface area contributed by atoms with Crippen LogP contribution in [0.1, 0.15) is 6.42 Å². The third kappa shape index (κ3) is 9.37. The number of methoxy groups -OCH3 is 6. The van der Waals surface area contributed by atoms with Gasteiger partial charge in [-0.25, -0.2) is 0 Å². The largest absolute Gasteiger partial charge is 0.467 e. The van der Waals surface area contributed by atoms with Crippen molar-refractivity contribution in [3.05, 3.63) is 0 Å². The van der Waals surface area contributed by atoms with Gasteiger partial charge in [-0.2, -0.15) is 0 Å². The molecular weight excluding hydrogens is 388 g/mol. The monoisotopic (exact) mass is 424 g/mol. The molecule has 0 bridgehead atoms. The minimum absolute atomic E-state index is 0.0368. The fourth-order valence-electron chi connectivity index (χ4n) is 3.34. The highest BCUT2D eigenvalue weighted by Gasteiger charge is 2.43. The number of carbonyl (C=O) groups is 2. The van der Waals surface area contributed by atoms with Gasteiger partial charge >= 0.3 is 5.97 Å². The van der Waals surface area contributed by atoms with E-state index < -0.39 is 22.9 Å². The number of esters is 1. The van der Waals surface area contributed by atoms with Crippen LogP contribution >= 0.6 is 0 Å². The predicted molar refractivity (Wildman–Crippen MR) is 103 cm³/mol. The fourth-order valence-corrected chi connectivity index (χ4v) is 3.34. The summed E-state index contributed by atoms with van der Waals surface area (Å²) < 4.78 is 42.3. The molecule has 10 heteroatoms. The second-order valence-electron chi connectivity index (χ2n) is 7.02. The average molecular weight is 424 g/mol. The second-order valence-corrected chi connectivity index (χ2v) is 7.02. The van der Waals surface area contributed by atoms with Crippen LogP contribution in [0.25, 0.3) is 0 Å². The molecule has 10 nitrogen and oxygen atoms in total. The average Bonchev–Trinajstić information content (AvgIpc) is 2.69. The Labute approximate surface area is 173 Å². The summed E-state index contributed by atoms with van der Waals surface area (Å²) in [6.45, 7) is 1.53. The Kier molecular flexibility index (Phi) is 14.8. The highest BCUT2D eigenvalue weighted by atomic mass is 16.6. The molecule has 0 aromatic carbocycles. The molecule has 0 saturated heterocycles. The lowest BCUT2D eigenvalue weighted by Crippen LogP contribution is -2.49. The van der Waals surface area contributed by atoms with E-state index in [1.165, 1.54) is 21.3 Å². The van der Waals surface area contributed by atoms with Gasteiger partial charge in [-0.3, -0.25) is 9.59 Å². The number of rotatable bonds is 19. The maximum Gasteiger partial charge on any atom is 0.308 e. The van der Waals surface area contributed by atoms with Gasteiger partial charge in [0, 0.05) is 42.7 Å². The van der Waals surface area contributed by atoms with Gasteiger partial charge in [0.2, 0.25) is 0 Å². The van der Waals surface area contributed by atoms with Crippen molar-refractivity contribution in [3.63, 3.8) is 0 Å². The smallest absolute Gasteiger partial charge is 0.308 e. The van der Waals surface area contributed by atoms with Crippen molar-refractivity contribution in [2.75, 3.05) is 88.9 Å². The Morgan fingerprint density at radius 1 is 0.759 bits per heavy atom. The first-order valence-corrected chi connectivity index (χ1v) is 9.11. The Morgan fingerprint density at radius 3 is 1.62 bits per heavy atom. The highest BCUT2D eigenvalue weighted by Crippen LogP contribution is 2.29. The third-order valence-corrected chi connectivity index (χ3v) is 4.51. The number of ether oxygens (including phenoxy) is 8. The first-order valence-electron chi connectivity index (χ1n) is 9.11. The number of carbonyl (C=O) groups excluding carboxylic acids is 2. The summed E-state index contributed by atoms with van der Waals surface area (Å²) in [6.07, 6.45) is -0.759. The van der Waals surface area contributed by atoms with Crippen molar-refractivity contribution < 1.29 is 47.5 Å². The van der Waals surface area contributed by atoms with E-state index in [0.717, 1.165) is 0 Å². The van der Waals surface area contributed by atoms with Crippen molar-refractivity contribution in [1.29, 1.82) is 0 Å². The lowest BCUT2D eigenvalue weighted by molar-refractivity contribution is -0.166. The van der Waals surface area contributed by atoms with Crippen molar-refractivity contribution in [2.24, 2.45) is 10.8 Å². The molecule has 0 aliphatic heterocycles. The summed E-state index contributed by atoms with van der Waals surface area (Å²) >= 11 is 0. The molecule has 172 valence electrons. The molecule has 0 rings (SSSR count). The lowest BCUT2D eigenvalue weighted by Gasteiger charge is -2.37. The highest BCUT2D eigenvalue weighted by molar-refractivity contribution is 5.70. The molecule has 0 aromatic rings. The maximum absolute atomic E-state index is 12.6. The van der Waals surface area contributed by atoms with Crippen molar-refractivity contribution >= 4 is 12.4 Å². The molecule has 0 aliphatic carbocycles. The summed E-state index contributed by atoms with van der Waals surface area (Å²) in [4.78, 5) is 23.3. The minimum Gasteiger partial charge on any atom is -0.467 e. The SMILES string of the molecule is COCC(COC)(COC)COC(=O)CC(OC)C(COC)(COC)COC=O. The molecule has 0 amide bonds. The van der Waals surface area contributed by atoms with Crippen LogP contribution in [-0.2, 0) is 47.5 Å². The van der Waals surface area contributed by atoms with Crippen LogP contribution in [0.5, 0.6) is 0 Å².